The predicted octanol–water partition coefficient (Wildman–Crippen LogP) is 2.55. The van der Waals surface area contributed by atoms with E-state index in [1.54, 1.807) is 32.0 Å². The molecule has 0 radical (unpaired) electrons. The lowest BCUT2D eigenvalue weighted by Crippen LogP contribution is -2.43. The molecule has 0 unspecified atom stereocenters. The summed E-state index contributed by atoms with van der Waals surface area (Å²) in [4.78, 5) is 28.3. The first kappa shape index (κ1) is 29.5. The van der Waals surface area contributed by atoms with Crippen molar-refractivity contribution < 1.29 is 37.4 Å². The summed E-state index contributed by atoms with van der Waals surface area (Å²) >= 11 is 1.82. The molecule has 15 heteroatoms. The summed E-state index contributed by atoms with van der Waals surface area (Å²) in [6, 6.07) is 6.93. The van der Waals surface area contributed by atoms with Crippen LogP contribution in [0.4, 0.5) is 10.2 Å². The maximum Gasteiger partial charge on any atom is 0.459 e. The summed E-state index contributed by atoms with van der Waals surface area (Å²) < 4.78 is 52.3. The van der Waals surface area contributed by atoms with Crippen molar-refractivity contribution >= 4 is 42.1 Å². The number of aliphatic hydroxyl groups excluding tert-OH is 1. The molecule has 1 aliphatic heterocycles. The molecule has 6 atom stereocenters. The van der Waals surface area contributed by atoms with E-state index in [1.807, 2.05) is 22.6 Å². The Morgan fingerprint density at radius 1 is 1.38 bits per heavy atom. The number of rotatable bonds is 10. The molecule has 12 nitrogen and oxygen atoms in total. The first-order valence-electron chi connectivity index (χ1n) is 11.3. The van der Waals surface area contributed by atoms with Gasteiger partial charge in [0.25, 0.3) is 0 Å². The van der Waals surface area contributed by atoms with Gasteiger partial charge in [-0.3, -0.25) is 13.9 Å². The summed E-state index contributed by atoms with van der Waals surface area (Å²) in [5.74, 6) is -0.567. The molecule has 0 aliphatic carbocycles. The van der Waals surface area contributed by atoms with Crippen LogP contribution in [0.3, 0.4) is 0 Å². The zero-order valence-electron chi connectivity index (χ0n) is 20.5. The molecule has 1 saturated heterocycles. The number of nitrogens with one attached hydrogen (secondary N) is 1. The third-order valence-electron chi connectivity index (χ3n) is 5.34. The highest BCUT2D eigenvalue weighted by atomic mass is 127. The first-order valence-corrected chi connectivity index (χ1v) is 13.9. The second kappa shape index (κ2) is 11.7. The first-order chi connectivity index (χ1) is 17.2. The SMILES string of the molecule is CC(C)OC(=O)[C@@H](C)N[P@](=O)(OC[C@H]1O[C@@H](n2cc(I)c(N)nc2=O)[C@](C)(F)[C@@H]1O)Oc1ccccc1. The summed E-state index contributed by atoms with van der Waals surface area (Å²) in [6.07, 6.45) is -3.88. The number of benzene rings is 1. The van der Waals surface area contributed by atoms with Gasteiger partial charge in [0, 0.05) is 6.20 Å². The van der Waals surface area contributed by atoms with E-state index in [4.69, 9.17) is 24.3 Å². The smallest absolute Gasteiger partial charge is 0.459 e. The van der Waals surface area contributed by atoms with E-state index in [1.165, 1.54) is 25.3 Å². The van der Waals surface area contributed by atoms with Crippen LogP contribution in [0, 0.1) is 3.57 Å². The molecular weight excluding hydrogens is 625 g/mol. The second-order valence-electron chi connectivity index (χ2n) is 8.82. The quantitative estimate of drug-likeness (QED) is 0.196. The Hall–Kier alpha value is -2.10. The van der Waals surface area contributed by atoms with Crippen LogP contribution in [0.15, 0.2) is 41.3 Å². The largest absolute Gasteiger partial charge is 0.462 e. The maximum atomic E-state index is 15.6. The number of carbonyl (C=O) groups excluding carboxylic acids is 1. The van der Waals surface area contributed by atoms with Crippen molar-refractivity contribution in [3.05, 3.63) is 50.6 Å². The van der Waals surface area contributed by atoms with Crippen LogP contribution in [-0.2, 0) is 23.4 Å². The van der Waals surface area contributed by atoms with Crippen molar-refractivity contribution in [3.8, 4) is 5.75 Å². The lowest BCUT2D eigenvalue weighted by atomic mass is 9.98. The molecule has 1 aromatic carbocycles. The summed E-state index contributed by atoms with van der Waals surface area (Å²) in [5.41, 5.74) is 2.31. The molecule has 1 aromatic heterocycles. The number of halogens is 2. The average molecular weight is 654 g/mol. The highest BCUT2D eigenvalue weighted by Crippen LogP contribution is 2.47. The number of nitrogens with two attached hydrogens (primary N) is 1. The molecule has 3 rings (SSSR count). The van der Waals surface area contributed by atoms with E-state index in [-0.39, 0.29) is 11.6 Å². The number of alkyl halides is 1. The molecule has 1 aliphatic rings. The Kier molecular flexibility index (Phi) is 9.35. The van der Waals surface area contributed by atoms with Crippen LogP contribution in [-0.4, -0.2) is 57.3 Å². The van der Waals surface area contributed by atoms with E-state index in [0.717, 1.165) is 11.5 Å². The number of hydrogen-bond donors (Lipinski definition) is 3. The Morgan fingerprint density at radius 3 is 2.65 bits per heavy atom. The fourth-order valence-corrected chi connectivity index (χ4v) is 5.40. The average Bonchev–Trinajstić information content (AvgIpc) is 3.03. The van der Waals surface area contributed by atoms with E-state index in [0.29, 0.717) is 3.57 Å². The molecule has 0 spiro atoms. The summed E-state index contributed by atoms with van der Waals surface area (Å²) in [7, 11) is -4.29. The van der Waals surface area contributed by atoms with Crippen molar-refractivity contribution in [2.75, 3.05) is 12.3 Å². The number of nitrogens with zero attached hydrogens (tertiary/aromatic N) is 2. The van der Waals surface area contributed by atoms with Crippen LogP contribution in [0.1, 0.15) is 33.9 Å². The standard InChI is InChI=1S/C22H29FIN4O8P/c1-12(2)34-19(30)13(3)27-37(32,36-14-8-6-5-7-9-14)33-11-16-17(29)22(4,23)20(35-16)28-10-15(24)18(25)26-21(28)31/h5-10,12-13,16-17,20,29H,11H2,1-4H3,(H,27,32)(H2,25,26,31)/t13-,16-,17-,20-,22-,37+/m1/s1. The molecule has 2 aromatic rings. The number of carbonyl (C=O) groups is 1. The monoisotopic (exact) mass is 654 g/mol. The molecule has 0 amide bonds. The van der Waals surface area contributed by atoms with Crippen LogP contribution in [0.25, 0.3) is 0 Å². The molecule has 4 N–H and O–H groups in total. The molecule has 1 fully saturated rings. The number of anilines is 1. The van der Waals surface area contributed by atoms with Gasteiger partial charge in [0.05, 0.1) is 16.3 Å². The zero-order chi connectivity index (χ0) is 27.5. The van der Waals surface area contributed by atoms with E-state index in [9.17, 15) is 19.3 Å². The van der Waals surface area contributed by atoms with Gasteiger partial charge in [-0.1, -0.05) is 18.2 Å². The number of para-hydroxylation sites is 1. The third-order valence-corrected chi connectivity index (χ3v) is 7.81. The molecule has 0 bridgehead atoms. The Morgan fingerprint density at radius 2 is 2.03 bits per heavy atom. The van der Waals surface area contributed by atoms with Crippen molar-refractivity contribution in [3.63, 3.8) is 0 Å². The minimum atomic E-state index is -4.29. The molecule has 2 heterocycles. The van der Waals surface area contributed by atoms with Crippen LogP contribution in [0.2, 0.25) is 0 Å². The Bertz CT molecular complexity index is 1210. The fourth-order valence-electron chi connectivity index (χ4n) is 3.48. The van der Waals surface area contributed by atoms with Gasteiger partial charge in [-0.2, -0.15) is 10.1 Å². The van der Waals surface area contributed by atoms with Crippen molar-refractivity contribution in [1.82, 2.24) is 14.6 Å². The van der Waals surface area contributed by atoms with Crippen LogP contribution < -0.4 is 21.0 Å². The van der Waals surface area contributed by atoms with E-state index < -0.39 is 62.3 Å². The third kappa shape index (κ3) is 7.06. The highest BCUT2D eigenvalue weighted by molar-refractivity contribution is 14.1. The number of esters is 1. The topological polar surface area (TPSA) is 164 Å². The van der Waals surface area contributed by atoms with Gasteiger partial charge in [-0.25, -0.2) is 13.8 Å². The molecule has 204 valence electrons. The number of aromatic nitrogens is 2. The minimum Gasteiger partial charge on any atom is -0.462 e. The van der Waals surface area contributed by atoms with Gasteiger partial charge in [-0.15, -0.1) is 0 Å². The second-order valence-corrected chi connectivity index (χ2v) is 11.7. The van der Waals surface area contributed by atoms with Gasteiger partial charge >= 0.3 is 19.4 Å². The Labute approximate surface area is 226 Å². The zero-order valence-corrected chi connectivity index (χ0v) is 23.6. The van der Waals surface area contributed by atoms with Gasteiger partial charge in [0.1, 0.15) is 29.8 Å². The van der Waals surface area contributed by atoms with Gasteiger partial charge < -0.3 is 24.8 Å². The number of nitrogen functional groups attached to an aromatic ring is 1. The predicted molar refractivity (Wildman–Crippen MR) is 140 cm³/mol. The highest BCUT2D eigenvalue weighted by Gasteiger charge is 2.56. The van der Waals surface area contributed by atoms with Crippen molar-refractivity contribution in [2.24, 2.45) is 0 Å². The van der Waals surface area contributed by atoms with Crippen molar-refractivity contribution in [2.45, 2.75) is 63.9 Å². The molecule has 37 heavy (non-hydrogen) atoms. The van der Waals surface area contributed by atoms with E-state index >= 15 is 4.39 Å². The lowest BCUT2D eigenvalue weighted by molar-refractivity contribution is -0.149. The van der Waals surface area contributed by atoms with Gasteiger partial charge in [-0.05, 0) is 62.4 Å². The van der Waals surface area contributed by atoms with Gasteiger partial charge in [0.15, 0.2) is 11.9 Å². The minimum absolute atomic E-state index is 0.0315. The maximum absolute atomic E-state index is 15.6. The molecule has 0 saturated carbocycles. The normalized spacial score (nSPS) is 26.0. The number of ether oxygens (including phenoxy) is 2. The lowest BCUT2D eigenvalue weighted by Gasteiger charge is -2.25. The number of aliphatic hydroxyl groups is 1. The van der Waals surface area contributed by atoms with Crippen LogP contribution >= 0.6 is 30.3 Å². The van der Waals surface area contributed by atoms with Crippen LogP contribution in [0.5, 0.6) is 5.75 Å². The van der Waals surface area contributed by atoms with E-state index in [2.05, 4.69) is 10.1 Å². The van der Waals surface area contributed by atoms with Crippen molar-refractivity contribution in [1.29, 1.82) is 0 Å². The summed E-state index contributed by atoms with van der Waals surface area (Å²) in [5, 5.41) is 13.1. The fraction of sp³-hybridized carbons (Fsp3) is 0.500. The molecular formula is C22H29FIN4O8P. The summed E-state index contributed by atoms with van der Waals surface area (Å²) in [6.45, 7) is 5.17. The van der Waals surface area contributed by atoms with Gasteiger partial charge in [0.2, 0.25) is 0 Å². The number of hydrogen-bond acceptors (Lipinski definition) is 10. The Balaban J connectivity index is 1.81.